The van der Waals surface area contributed by atoms with E-state index < -0.39 is 11.6 Å². The Morgan fingerprint density at radius 1 is 1.26 bits per heavy atom. The Morgan fingerprint density at radius 3 is 2.48 bits per heavy atom. The third-order valence-corrected chi connectivity index (χ3v) is 5.53. The predicted molar refractivity (Wildman–Crippen MR) is 109 cm³/mol. The number of fused-ring (bicyclic) bond motifs is 1. The minimum Gasteiger partial charge on any atom is -0.496 e. The van der Waals surface area contributed by atoms with Crippen LogP contribution in [0.3, 0.4) is 0 Å². The molecule has 0 aliphatic heterocycles. The summed E-state index contributed by atoms with van der Waals surface area (Å²) < 4.78 is 16.6. The van der Waals surface area contributed by atoms with Crippen LogP contribution in [0.5, 0.6) is 5.75 Å². The van der Waals surface area contributed by atoms with Gasteiger partial charge in [0.15, 0.2) is 5.58 Å². The summed E-state index contributed by atoms with van der Waals surface area (Å²) in [6, 6.07) is 1.62. The van der Waals surface area contributed by atoms with Crippen LogP contribution in [-0.2, 0) is 11.2 Å². The summed E-state index contributed by atoms with van der Waals surface area (Å²) in [4.78, 5) is 27.1. The van der Waals surface area contributed by atoms with E-state index >= 15 is 0 Å². The van der Waals surface area contributed by atoms with E-state index in [1.807, 2.05) is 6.92 Å². The molecule has 1 aromatic carbocycles. The molecule has 0 aliphatic rings. The maximum atomic E-state index is 12.6. The number of carbonyl (C=O) groups is 1. The lowest BCUT2D eigenvalue weighted by Crippen LogP contribution is -2.27. The topological polar surface area (TPSA) is 69.0 Å². The summed E-state index contributed by atoms with van der Waals surface area (Å²) >= 11 is 3.40. The van der Waals surface area contributed by atoms with Crippen LogP contribution >= 0.6 is 15.9 Å². The van der Waals surface area contributed by atoms with Crippen LogP contribution in [0.15, 0.2) is 19.8 Å². The van der Waals surface area contributed by atoms with Crippen molar-refractivity contribution in [1.82, 2.24) is 4.90 Å². The zero-order valence-corrected chi connectivity index (χ0v) is 18.1. The SMILES string of the molecule is CCOC(=O)c1cc(OC)c2c(C)c(CCN(CC)CC)c(=O)oc2c1Br. The van der Waals surface area contributed by atoms with Crippen molar-refractivity contribution < 1.29 is 18.7 Å². The molecule has 27 heavy (non-hydrogen) atoms. The Bertz CT molecular complexity index is 886. The van der Waals surface area contributed by atoms with Gasteiger partial charge in [0, 0.05) is 12.1 Å². The molecule has 0 fully saturated rings. The highest BCUT2D eigenvalue weighted by molar-refractivity contribution is 9.10. The normalized spacial score (nSPS) is 11.2. The van der Waals surface area contributed by atoms with Crippen LogP contribution in [0.1, 0.15) is 42.3 Å². The first-order chi connectivity index (χ1) is 12.9. The highest BCUT2D eigenvalue weighted by Gasteiger charge is 2.23. The predicted octanol–water partition coefficient (Wildman–Crippen LogP) is 3.93. The molecular formula is C20H26BrNO5. The number of rotatable bonds is 8. The Labute approximate surface area is 167 Å². The first kappa shape index (κ1) is 21.4. The molecule has 6 nitrogen and oxygen atoms in total. The van der Waals surface area contributed by atoms with Gasteiger partial charge in [0.1, 0.15) is 5.75 Å². The van der Waals surface area contributed by atoms with Gasteiger partial charge >= 0.3 is 11.6 Å². The van der Waals surface area contributed by atoms with Crippen LogP contribution in [0.4, 0.5) is 0 Å². The maximum Gasteiger partial charge on any atom is 0.339 e. The van der Waals surface area contributed by atoms with Crippen LogP contribution in [-0.4, -0.2) is 44.2 Å². The van der Waals surface area contributed by atoms with Gasteiger partial charge in [-0.2, -0.15) is 0 Å². The number of aryl methyl sites for hydroxylation is 1. The van der Waals surface area contributed by atoms with Gasteiger partial charge in [-0.25, -0.2) is 9.59 Å². The van der Waals surface area contributed by atoms with Crippen molar-refractivity contribution in [2.45, 2.75) is 34.1 Å². The Morgan fingerprint density at radius 2 is 1.93 bits per heavy atom. The molecule has 0 unspecified atom stereocenters. The lowest BCUT2D eigenvalue weighted by Gasteiger charge is -2.19. The second-order valence-electron chi connectivity index (χ2n) is 6.13. The van der Waals surface area contributed by atoms with Gasteiger partial charge in [-0.15, -0.1) is 0 Å². The summed E-state index contributed by atoms with van der Waals surface area (Å²) in [6.45, 7) is 10.7. The van der Waals surface area contributed by atoms with E-state index in [0.717, 1.165) is 25.2 Å². The molecule has 1 aromatic heterocycles. The smallest absolute Gasteiger partial charge is 0.339 e. The summed E-state index contributed by atoms with van der Waals surface area (Å²) in [5.74, 6) is -0.0305. The Kier molecular flexibility index (Phi) is 7.44. The average Bonchev–Trinajstić information content (AvgIpc) is 2.65. The molecule has 2 aromatic rings. The number of ether oxygens (including phenoxy) is 2. The summed E-state index contributed by atoms with van der Waals surface area (Å²) in [5, 5.41) is 0.687. The Balaban J connectivity index is 2.64. The summed E-state index contributed by atoms with van der Waals surface area (Å²) in [5.41, 5.74) is 1.60. The van der Waals surface area contributed by atoms with Gasteiger partial charge in [-0.3, -0.25) is 0 Å². The van der Waals surface area contributed by atoms with Gasteiger partial charge in [0.25, 0.3) is 0 Å². The van der Waals surface area contributed by atoms with E-state index in [-0.39, 0.29) is 12.2 Å². The van der Waals surface area contributed by atoms with E-state index in [4.69, 9.17) is 13.9 Å². The second-order valence-corrected chi connectivity index (χ2v) is 6.93. The molecule has 0 radical (unpaired) electrons. The van der Waals surface area contributed by atoms with E-state index in [2.05, 4.69) is 34.7 Å². The summed E-state index contributed by atoms with van der Waals surface area (Å²) in [6.07, 6.45) is 0.589. The first-order valence-corrected chi connectivity index (χ1v) is 9.90. The van der Waals surface area contributed by atoms with Crippen LogP contribution in [0.25, 0.3) is 11.0 Å². The number of esters is 1. The minimum atomic E-state index is -0.504. The highest BCUT2D eigenvalue weighted by atomic mass is 79.9. The molecule has 0 spiro atoms. The monoisotopic (exact) mass is 439 g/mol. The third kappa shape index (κ3) is 4.35. The molecule has 1 heterocycles. The standard InChI is InChI=1S/C20H26BrNO5/c1-6-22(7-2)10-9-13-12(4)16-15(25-5)11-14(19(23)26-8-3)17(21)18(16)27-20(13)24/h11H,6-10H2,1-5H3. The average molecular weight is 440 g/mol. The second kappa shape index (κ2) is 9.37. The molecular weight excluding hydrogens is 414 g/mol. The molecule has 0 aliphatic carbocycles. The lowest BCUT2D eigenvalue weighted by atomic mass is 10.0. The number of carbonyl (C=O) groups excluding carboxylic acids is 1. The number of hydrogen-bond donors (Lipinski definition) is 0. The van der Waals surface area contributed by atoms with Crippen molar-refractivity contribution in [1.29, 1.82) is 0 Å². The van der Waals surface area contributed by atoms with Crippen molar-refractivity contribution in [2.75, 3.05) is 33.4 Å². The fourth-order valence-electron chi connectivity index (χ4n) is 3.14. The van der Waals surface area contributed by atoms with E-state index in [0.29, 0.717) is 33.2 Å². The molecule has 0 amide bonds. The maximum absolute atomic E-state index is 12.6. The van der Waals surface area contributed by atoms with Crippen molar-refractivity contribution in [2.24, 2.45) is 0 Å². The summed E-state index contributed by atoms with van der Waals surface area (Å²) in [7, 11) is 1.53. The number of nitrogens with zero attached hydrogens (tertiary/aromatic N) is 1. The van der Waals surface area contributed by atoms with Crippen molar-refractivity contribution >= 4 is 32.9 Å². The molecule has 0 atom stereocenters. The van der Waals surface area contributed by atoms with Gasteiger partial charge in [-0.05, 0) is 60.9 Å². The molecule has 0 bridgehead atoms. The minimum absolute atomic E-state index is 0.249. The zero-order valence-electron chi connectivity index (χ0n) is 16.5. The number of halogens is 1. The van der Waals surface area contributed by atoms with Gasteiger partial charge in [-0.1, -0.05) is 13.8 Å². The van der Waals surface area contributed by atoms with Crippen molar-refractivity contribution in [3.05, 3.63) is 37.6 Å². The van der Waals surface area contributed by atoms with E-state index in [1.54, 1.807) is 13.0 Å². The first-order valence-electron chi connectivity index (χ1n) is 9.11. The third-order valence-electron chi connectivity index (χ3n) is 4.74. The fourth-order valence-corrected chi connectivity index (χ4v) is 3.69. The zero-order chi connectivity index (χ0) is 20.1. The van der Waals surface area contributed by atoms with E-state index in [1.165, 1.54) is 7.11 Å². The van der Waals surface area contributed by atoms with Gasteiger partial charge in [0.05, 0.1) is 29.1 Å². The Hall–Kier alpha value is -1.86. The number of likely N-dealkylation sites (N-methyl/N-ethyl adjacent to an activating group) is 1. The van der Waals surface area contributed by atoms with Crippen LogP contribution in [0.2, 0.25) is 0 Å². The molecule has 2 rings (SSSR count). The molecule has 0 saturated heterocycles. The van der Waals surface area contributed by atoms with E-state index in [9.17, 15) is 9.59 Å². The number of hydrogen-bond acceptors (Lipinski definition) is 6. The van der Waals surface area contributed by atoms with Crippen LogP contribution in [0, 0.1) is 6.92 Å². The van der Waals surface area contributed by atoms with Gasteiger partial charge < -0.3 is 18.8 Å². The highest BCUT2D eigenvalue weighted by Crippen LogP contribution is 2.37. The molecule has 0 saturated carbocycles. The number of methoxy groups -OCH3 is 1. The number of benzene rings is 1. The van der Waals surface area contributed by atoms with Gasteiger partial charge in [0.2, 0.25) is 0 Å². The molecule has 7 heteroatoms. The largest absolute Gasteiger partial charge is 0.496 e. The van der Waals surface area contributed by atoms with Crippen LogP contribution < -0.4 is 10.4 Å². The quantitative estimate of drug-likeness (QED) is 0.458. The molecule has 148 valence electrons. The van der Waals surface area contributed by atoms with Crippen molar-refractivity contribution in [3.8, 4) is 5.75 Å². The fraction of sp³-hybridized carbons (Fsp3) is 0.500. The molecule has 0 N–H and O–H groups in total. The van der Waals surface area contributed by atoms with Crippen molar-refractivity contribution in [3.63, 3.8) is 0 Å². The lowest BCUT2D eigenvalue weighted by molar-refractivity contribution is 0.0525.